The zero-order chi connectivity index (χ0) is 49.9. The molecule has 16 nitrogen and oxygen atoms in total. The summed E-state index contributed by atoms with van der Waals surface area (Å²) in [7, 11) is 0. The minimum Gasteiger partial charge on any atom is -0.481 e. The van der Waals surface area contributed by atoms with Crippen molar-refractivity contribution in [2.24, 2.45) is 5.92 Å². The Labute approximate surface area is 410 Å². The minimum atomic E-state index is -1.05. The number of aliphatic carboxylic acids is 3. The van der Waals surface area contributed by atoms with Gasteiger partial charge in [0.25, 0.3) is 0 Å². The van der Waals surface area contributed by atoms with Gasteiger partial charge in [0.15, 0.2) is 0 Å². The van der Waals surface area contributed by atoms with E-state index in [2.05, 4.69) is 19.3 Å². The van der Waals surface area contributed by atoms with Crippen LogP contribution in [0.15, 0.2) is 0 Å². The van der Waals surface area contributed by atoms with Crippen LogP contribution in [-0.2, 0) is 38.2 Å². The summed E-state index contributed by atoms with van der Waals surface area (Å²) < 4.78 is 11.1. The summed E-state index contributed by atoms with van der Waals surface area (Å²) in [4.78, 5) is 79.4. The monoisotopic (exact) mass is 968 g/mol. The number of ether oxygens (including phenoxy) is 2. The van der Waals surface area contributed by atoms with Crippen LogP contribution < -0.4 is 5.43 Å². The van der Waals surface area contributed by atoms with Crippen LogP contribution in [0.1, 0.15) is 213 Å². The van der Waals surface area contributed by atoms with Crippen molar-refractivity contribution >= 4 is 35.8 Å². The van der Waals surface area contributed by atoms with E-state index in [1.54, 1.807) is 14.8 Å². The number of hydrazine groups is 1. The zero-order valence-electron chi connectivity index (χ0n) is 42.9. The molecule has 1 atom stereocenters. The molecule has 0 aromatic carbocycles. The third kappa shape index (κ3) is 38.5. The molecule has 1 aliphatic rings. The van der Waals surface area contributed by atoms with Crippen LogP contribution >= 0.6 is 0 Å². The Morgan fingerprint density at radius 3 is 1.26 bits per heavy atom. The lowest BCUT2D eigenvalue weighted by atomic mass is 9.96. The van der Waals surface area contributed by atoms with Crippen molar-refractivity contribution < 1.29 is 53.6 Å². The molecule has 4 N–H and O–H groups in total. The van der Waals surface area contributed by atoms with E-state index in [-0.39, 0.29) is 102 Å². The van der Waals surface area contributed by atoms with Crippen LogP contribution in [-0.4, -0.2) is 150 Å². The fraction of sp³-hybridized carbons (Fsp3) is 0.885. The second-order valence-electron chi connectivity index (χ2n) is 19.2. The van der Waals surface area contributed by atoms with E-state index in [1.165, 1.54) is 133 Å². The summed E-state index contributed by atoms with van der Waals surface area (Å²) in [6, 6.07) is 0. The van der Waals surface area contributed by atoms with Crippen molar-refractivity contribution in [3.63, 3.8) is 0 Å². The van der Waals surface area contributed by atoms with E-state index in [9.17, 15) is 44.1 Å². The SMILES string of the molecule is CCCCCCCCCCCCCCCC(=O)OCCN(CCOC(=O)CCCCCCCCCCCCCCC)C(=O)CN1CCN(CC(=O)O)CCC(CC(=O)O)CCN(CC(=O)O)CN1. The fourth-order valence-electron chi connectivity index (χ4n) is 8.75. The van der Waals surface area contributed by atoms with Gasteiger partial charge in [0.05, 0.1) is 39.4 Å². The first kappa shape index (κ1) is 62.7. The number of unbranched alkanes of at least 4 members (excludes halogenated alkanes) is 24. The molecule has 0 radical (unpaired) electrons. The van der Waals surface area contributed by atoms with E-state index in [1.807, 2.05) is 0 Å². The Balaban J connectivity index is 2.78. The Morgan fingerprint density at radius 1 is 0.485 bits per heavy atom. The lowest BCUT2D eigenvalue weighted by Crippen LogP contribution is -2.53. The first-order valence-electron chi connectivity index (χ1n) is 27.1. The van der Waals surface area contributed by atoms with Gasteiger partial charge in [0.1, 0.15) is 13.2 Å². The molecule has 396 valence electrons. The summed E-state index contributed by atoms with van der Waals surface area (Å²) in [5.74, 6) is -4.33. The van der Waals surface area contributed by atoms with E-state index in [0.717, 1.165) is 38.5 Å². The number of carboxylic acids is 3. The molecule has 1 saturated heterocycles. The Morgan fingerprint density at radius 2 is 0.868 bits per heavy atom. The van der Waals surface area contributed by atoms with Crippen LogP contribution in [0.4, 0.5) is 0 Å². The van der Waals surface area contributed by atoms with E-state index < -0.39 is 17.9 Å². The highest BCUT2D eigenvalue weighted by molar-refractivity contribution is 5.78. The predicted molar refractivity (Wildman–Crippen MR) is 267 cm³/mol. The Hall–Kier alpha value is -3.34. The molecule has 0 aliphatic carbocycles. The van der Waals surface area contributed by atoms with E-state index in [0.29, 0.717) is 32.2 Å². The van der Waals surface area contributed by atoms with Gasteiger partial charge in [-0.05, 0) is 38.1 Å². The van der Waals surface area contributed by atoms with Gasteiger partial charge < -0.3 is 29.7 Å². The summed E-state index contributed by atoms with van der Waals surface area (Å²) >= 11 is 0. The smallest absolute Gasteiger partial charge is 0.317 e. The number of amides is 1. The molecule has 1 unspecified atom stereocenters. The highest BCUT2D eigenvalue weighted by Gasteiger charge is 2.24. The van der Waals surface area contributed by atoms with Gasteiger partial charge >= 0.3 is 29.8 Å². The van der Waals surface area contributed by atoms with Crippen molar-refractivity contribution in [2.75, 3.05) is 78.8 Å². The third-order valence-electron chi connectivity index (χ3n) is 13.0. The molecule has 0 aromatic rings. The molecular formula is C52H97N5O11. The first-order valence-corrected chi connectivity index (χ1v) is 27.1. The molecule has 0 saturated carbocycles. The normalized spacial score (nSPS) is 15.6. The van der Waals surface area contributed by atoms with Crippen LogP contribution in [0, 0.1) is 5.92 Å². The van der Waals surface area contributed by atoms with Crippen LogP contribution in [0.3, 0.4) is 0 Å². The maximum absolute atomic E-state index is 14.0. The minimum absolute atomic E-state index is 0.0281. The van der Waals surface area contributed by atoms with Crippen molar-refractivity contribution in [1.82, 2.24) is 25.1 Å². The molecule has 1 amide bonds. The molecule has 68 heavy (non-hydrogen) atoms. The van der Waals surface area contributed by atoms with Gasteiger partial charge in [-0.25, -0.2) is 10.4 Å². The van der Waals surface area contributed by atoms with Gasteiger partial charge in [0.2, 0.25) is 5.91 Å². The van der Waals surface area contributed by atoms with Crippen molar-refractivity contribution in [3.8, 4) is 0 Å². The number of hydrogen-bond donors (Lipinski definition) is 4. The summed E-state index contributed by atoms with van der Waals surface area (Å²) in [5, 5.41) is 30.4. The number of esters is 2. The maximum atomic E-state index is 14.0. The predicted octanol–water partition coefficient (Wildman–Crippen LogP) is 9.29. The van der Waals surface area contributed by atoms with Gasteiger partial charge in [-0.2, -0.15) is 0 Å². The van der Waals surface area contributed by atoms with Crippen LogP contribution in [0.2, 0.25) is 0 Å². The van der Waals surface area contributed by atoms with Crippen molar-refractivity contribution in [2.45, 2.75) is 213 Å². The highest BCUT2D eigenvalue weighted by atomic mass is 16.5. The van der Waals surface area contributed by atoms with Crippen molar-refractivity contribution in [1.29, 1.82) is 0 Å². The first-order chi connectivity index (χ1) is 32.9. The van der Waals surface area contributed by atoms with Crippen molar-refractivity contribution in [3.05, 3.63) is 0 Å². The molecule has 0 bridgehead atoms. The summed E-state index contributed by atoms with van der Waals surface area (Å²) in [6.07, 6.45) is 32.7. The van der Waals surface area contributed by atoms with E-state index >= 15 is 0 Å². The summed E-state index contributed by atoms with van der Waals surface area (Å²) in [5.41, 5.74) is 3.16. The van der Waals surface area contributed by atoms with Crippen LogP contribution in [0.25, 0.3) is 0 Å². The lowest BCUT2D eigenvalue weighted by Gasteiger charge is -2.33. The average Bonchev–Trinajstić information content (AvgIpc) is 3.29. The summed E-state index contributed by atoms with van der Waals surface area (Å²) in [6.45, 7) is 4.90. The number of carbonyl (C=O) groups excluding carboxylic acids is 3. The highest BCUT2D eigenvalue weighted by Crippen LogP contribution is 2.18. The molecule has 0 spiro atoms. The standard InChI is InChI=1S/C52H97N5O11/c1-3-5-7-9-11-13-15-17-19-21-23-25-27-29-51(65)67-39-37-56(38-40-68-52(66)30-28-26-24-22-20-18-16-14-12-10-8-6-4-2)47(58)42-57-36-35-54(43-49(61)62)33-31-46(41-48(59)60)32-34-55(45-53-57)44-50(63)64/h46,53H,3-45H2,1-2H3,(H,59,60)(H,61,62)(H,63,64). The largest absolute Gasteiger partial charge is 0.481 e. The number of nitrogens with zero attached hydrogens (tertiary/aromatic N) is 4. The molecule has 16 heteroatoms. The lowest BCUT2D eigenvalue weighted by molar-refractivity contribution is -0.148. The Kier molecular flexibility index (Phi) is 40.2. The fourth-order valence-corrected chi connectivity index (χ4v) is 8.75. The second-order valence-corrected chi connectivity index (χ2v) is 19.2. The third-order valence-corrected chi connectivity index (χ3v) is 13.0. The molecule has 0 aromatic heterocycles. The number of carboxylic acid groups (broad SMARTS) is 3. The topological polar surface area (TPSA) is 207 Å². The van der Waals surface area contributed by atoms with Gasteiger partial charge in [-0.15, -0.1) is 0 Å². The van der Waals surface area contributed by atoms with Gasteiger partial charge in [0, 0.05) is 38.9 Å². The quantitative estimate of drug-likeness (QED) is 0.0332. The number of rotatable bonds is 42. The number of hydrogen-bond acceptors (Lipinski definition) is 12. The molecule has 1 aliphatic heterocycles. The molecule has 1 heterocycles. The Bertz CT molecular complexity index is 1240. The second kappa shape index (κ2) is 43.7. The molecule has 1 rings (SSSR count). The number of carbonyl (C=O) groups is 6. The molecular weight excluding hydrogens is 871 g/mol. The zero-order valence-corrected chi connectivity index (χ0v) is 42.9. The number of nitrogens with one attached hydrogen (secondary N) is 1. The van der Waals surface area contributed by atoms with Gasteiger partial charge in [-0.3, -0.25) is 38.6 Å². The van der Waals surface area contributed by atoms with Crippen LogP contribution in [0.5, 0.6) is 0 Å². The maximum Gasteiger partial charge on any atom is 0.317 e. The molecule has 1 fully saturated rings. The van der Waals surface area contributed by atoms with E-state index in [4.69, 9.17) is 9.47 Å². The van der Waals surface area contributed by atoms with Gasteiger partial charge in [-0.1, -0.05) is 168 Å². The average molecular weight is 968 g/mol.